The van der Waals surface area contributed by atoms with E-state index in [9.17, 15) is 14.7 Å². The highest BCUT2D eigenvalue weighted by Gasteiger charge is 2.29. The van der Waals surface area contributed by atoms with Gasteiger partial charge in [-0.2, -0.15) is 0 Å². The van der Waals surface area contributed by atoms with Gasteiger partial charge in [-0.25, -0.2) is 4.68 Å². The van der Waals surface area contributed by atoms with E-state index in [1.807, 2.05) is 72.0 Å². The predicted molar refractivity (Wildman–Crippen MR) is 138 cm³/mol. The maximum atomic E-state index is 13.2. The molecular formula is C29H30N4O3. The van der Waals surface area contributed by atoms with E-state index in [1.165, 1.54) is 5.56 Å². The molecule has 0 bridgehead atoms. The van der Waals surface area contributed by atoms with Gasteiger partial charge in [-0.05, 0) is 73.2 Å². The summed E-state index contributed by atoms with van der Waals surface area (Å²) in [7, 11) is 0. The van der Waals surface area contributed by atoms with Crippen molar-refractivity contribution in [2.24, 2.45) is 0 Å². The highest BCUT2D eigenvalue weighted by Crippen LogP contribution is 2.36. The van der Waals surface area contributed by atoms with E-state index >= 15 is 0 Å². The van der Waals surface area contributed by atoms with Gasteiger partial charge in [-0.15, -0.1) is 5.10 Å². The van der Waals surface area contributed by atoms with Gasteiger partial charge in [0.05, 0.1) is 11.9 Å². The van der Waals surface area contributed by atoms with Gasteiger partial charge in [0.2, 0.25) is 0 Å². The molecule has 184 valence electrons. The molecule has 1 amide bonds. The summed E-state index contributed by atoms with van der Waals surface area (Å²) in [6.45, 7) is 7.30. The molecule has 5 rings (SSSR count). The molecule has 0 saturated carbocycles. The first-order valence-corrected chi connectivity index (χ1v) is 12.4. The van der Waals surface area contributed by atoms with E-state index < -0.39 is 5.97 Å². The monoisotopic (exact) mass is 482 g/mol. The van der Waals surface area contributed by atoms with Crippen molar-refractivity contribution in [1.29, 1.82) is 0 Å². The molecule has 0 spiro atoms. The third kappa shape index (κ3) is 4.26. The second-order valence-electron chi connectivity index (χ2n) is 9.58. The Morgan fingerprint density at radius 1 is 1.08 bits per heavy atom. The maximum Gasteiger partial charge on any atom is 0.304 e. The predicted octanol–water partition coefficient (Wildman–Crippen LogP) is 4.95. The van der Waals surface area contributed by atoms with E-state index in [4.69, 9.17) is 0 Å². The van der Waals surface area contributed by atoms with Crippen LogP contribution in [-0.2, 0) is 24.3 Å². The van der Waals surface area contributed by atoms with Crippen LogP contribution in [0.5, 0.6) is 0 Å². The Morgan fingerprint density at radius 3 is 2.58 bits per heavy atom. The van der Waals surface area contributed by atoms with Crippen LogP contribution < -0.4 is 0 Å². The molecule has 7 heteroatoms. The van der Waals surface area contributed by atoms with Crippen molar-refractivity contribution in [2.45, 2.75) is 58.7 Å². The number of amides is 1. The first kappa shape index (κ1) is 23.7. The molecule has 4 aromatic rings. The lowest BCUT2D eigenvalue weighted by Crippen LogP contribution is -2.42. The van der Waals surface area contributed by atoms with E-state index in [-0.39, 0.29) is 24.3 Å². The van der Waals surface area contributed by atoms with E-state index in [0.717, 1.165) is 46.3 Å². The lowest BCUT2D eigenvalue weighted by molar-refractivity contribution is -0.137. The largest absolute Gasteiger partial charge is 0.481 e. The number of fused-ring (bicyclic) bond motifs is 2. The Kier molecular flexibility index (Phi) is 6.31. The van der Waals surface area contributed by atoms with Crippen LogP contribution in [0.2, 0.25) is 0 Å². The average Bonchev–Trinajstić information content (AvgIpc) is 3.31. The van der Waals surface area contributed by atoms with Gasteiger partial charge < -0.3 is 10.0 Å². The number of aryl methyl sites for hydroxylation is 2. The summed E-state index contributed by atoms with van der Waals surface area (Å²) >= 11 is 0. The number of aromatic nitrogens is 3. The van der Waals surface area contributed by atoms with Crippen LogP contribution in [0.15, 0.2) is 60.7 Å². The van der Waals surface area contributed by atoms with Crippen LogP contribution in [0.4, 0.5) is 0 Å². The number of hydrogen-bond donors (Lipinski definition) is 1. The molecule has 0 saturated heterocycles. The molecule has 3 aromatic carbocycles. The molecule has 0 unspecified atom stereocenters. The fraction of sp³-hybridized carbons (Fsp3) is 0.310. The SMILES string of the molecule is CCn1nnc2c(C)c([C@@H](CC(=O)O)c3ccc4c(c3)CN(C(=O)c3ccccc3)[C@@H](C)C4)ccc21. The molecular weight excluding hydrogens is 452 g/mol. The van der Waals surface area contributed by atoms with Crippen molar-refractivity contribution < 1.29 is 14.7 Å². The Bertz CT molecular complexity index is 1440. The van der Waals surface area contributed by atoms with Gasteiger partial charge in [-0.3, -0.25) is 9.59 Å². The Hall–Kier alpha value is -4.00. The Morgan fingerprint density at radius 2 is 1.86 bits per heavy atom. The van der Waals surface area contributed by atoms with Gasteiger partial charge >= 0.3 is 5.97 Å². The summed E-state index contributed by atoms with van der Waals surface area (Å²) in [6, 6.07) is 19.7. The van der Waals surface area contributed by atoms with Crippen LogP contribution >= 0.6 is 0 Å². The summed E-state index contributed by atoms with van der Waals surface area (Å²) in [6.07, 6.45) is 0.735. The minimum Gasteiger partial charge on any atom is -0.481 e. The smallest absolute Gasteiger partial charge is 0.304 e. The van der Waals surface area contributed by atoms with Crippen molar-refractivity contribution in [3.05, 3.63) is 94.0 Å². The lowest BCUT2D eigenvalue weighted by Gasteiger charge is -2.35. The van der Waals surface area contributed by atoms with Crippen molar-refractivity contribution in [3.63, 3.8) is 0 Å². The zero-order chi connectivity index (χ0) is 25.4. The molecule has 0 fully saturated rings. The van der Waals surface area contributed by atoms with Gasteiger partial charge in [0.1, 0.15) is 5.52 Å². The lowest BCUT2D eigenvalue weighted by atomic mass is 9.83. The van der Waals surface area contributed by atoms with Crippen LogP contribution in [0.3, 0.4) is 0 Å². The highest BCUT2D eigenvalue weighted by atomic mass is 16.4. The van der Waals surface area contributed by atoms with E-state index in [1.54, 1.807) is 0 Å². The molecule has 1 aliphatic rings. The third-order valence-electron chi connectivity index (χ3n) is 7.34. The summed E-state index contributed by atoms with van der Waals surface area (Å²) in [5, 5.41) is 18.4. The Labute approximate surface area is 210 Å². The number of carbonyl (C=O) groups is 2. The minimum atomic E-state index is -0.857. The molecule has 1 aromatic heterocycles. The molecule has 2 heterocycles. The third-order valence-corrected chi connectivity index (χ3v) is 7.34. The Balaban J connectivity index is 1.52. The zero-order valence-corrected chi connectivity index (χ0v) is 20.8. The topological polar surface area (TPSA) is 88.3 Å². The van der Waals surface area contributed by atoms with Gasteiger partial charge in [0, 0.05) is 30.6 Å². The van der Waals surface area contributed by atoms with Gasteiger partial charge in [-0.1, -0.05) is 47.7 Å². The van der Waals surface area contributed by atoms with Crippen LogP contribution in [0, 0.1) is 6.92 Å². The number of nitrogens with zero attached hydrogens (tertiary/aromatic N) is 4. The maximum absolute atomic E-state index is 13.2. The van der Waals surface area contributed by atoms with Crippen molar-refractivity contribution in [2.75, 3.05) is 0 Å². The first-order valence-electron chi connectivity index (χ1n) is 12.4. The van der Waals surface area contributed by atoms with Crippen molar-refractivity contribution in [1.82, 2.24) is 19.9 Å². The average molecular weight is 483 g/mol. The molecule has 36 heavy (non-hydrogen) atoms. The number of hydrogen-bond acceptors (Lipinski definition) is 4. The second kappa shape index (κ2) is 9.57. The van der Waals surface area contributed by atoms with Gasteiger partial charge in [0.25, 0.3) is 5.91 Å². The molecule has 1 aliphatic heterocycles. The number of carboxylic acid groups (broad SMARTS) is 1. The molecule has 0 radical (unpaired) electrons. The number of carbonyl (C=O) groups excluding carboxylic acids is 1. The minimum absolute atomic E-state index is 0.0153. The molecule has 1 N–H and O–H groups in total. The summed E-state index contributed by atoms with van der Waals surface area (Å²) in [4.78, 5) is 27.1. The fourth-order valence-corrected chi connectivity index (χ4v) is 5.37. The normalized spacial score (nSPS) is 16.1. The van der Waals surface area contributed by atoms with Gasteiger partial charge in [0.15, 0.2) is 0 Å². The standard InChI is InChI=1S/C29H30N4O3/c1-4-33-26-13-12-24(19(3)28(26)30-31-33)25(16-27(34)35)22-11-10-21-14-18(2)32(17-23(21)15-22)29(36)20-8-6-5-7-9-20/h5-13,15,18,25H,4,14,16-17H2,1-3H3,(H,34,35)/t18-,25-/m0/s1. The van der Waals surface area contributed by atoms with E-state index in [2.05, 4.69) is 29.4 Å². The van der Waals surface area contributed by atoms with Crippen molar-refractivity contribution >= 4 is 22.9 Å². The number of benzene rings is 3. The summed E-state index contributed by atoms with van der Waals surface area (Å²) in [5.74, 6) is -1.17. The second-order valence-corrected chi connectivity index (χ2v) is 9.58. The quantitative estimate of drug-likeness (QED) is 0.420. The van der Waals surface area contributed by atoms with Crippen LogP contribution in [0.1, 0.15) is 64.4 Å². The molecule has 2 atom stereocenters. The zero-order valence-electron chi connectivity index (χ0n) is 20.8. The first-order chi connectivity index (χ1) is 17.4. The fourth-order valence-electron chi connectivity index (χ4n) is 5.37. The number of carboxylic acids is 1. The van der Waals surface area contributed by atoms with Crippen LogP contribution in [-0.4, -0.2) is 42.9 Å². The summed E-state index contributed by atoms with van der Waals surface area (Å²) in [5.41, 5.74) is 7.52. The van der Waals surface area contributed by atoms with Crippen LogP contribution in [0.25, 0.3) is 11.0 Å². The molecule has 7 nitrogen and oxygen atoms in total. The van der Waals surface area contributed by atoms with E-state index in [0.29, 0.717) is 12.1 Å². The molecule has 0 aliphatic carbocycles. The number of aliphatic carboxylic acids is 1. The number of rotatable bonds is 6. The summed E-state index contributed by atoms with van der Waals surface area (Å²) < 4.78 is 1.84. The highest BCUT2D eigenvalue weighted by molar-refractivity contribution is 5.94. The van der Waals surface area contributed by atoms with Crippen molar-refractivity contribution in [3.8, 4) is 0 Å².